The van der Waals surface area contributed by atoms with Crippen molar-refractivity contribution in [2.24, 2.45) is 5.73 Å². The van der Waals surface area contributed by atoms with Crippen molar-refractivity contribution >= 4 is 28.9 Å². The van der Waals surface area contributed by atoms with E-state index in [1.54, 1.807) is 0 Å². The van der Waals surface area contributed by atoms with Gasteiger partial charge in [-0.3, -0.25) is 9.69 Å². The zero-order chi connectivity index (χ0) is 26.5. The molecule has 3 saturated heterocycles. The van der Waals surface area contributed by atoms with Gasteiger partial charge in [0.05, 0.1) is 5.69 Å². The van der Waals surface area contributed by atoms with E-state index in [9.17, 15) is 4.79 Å². The fourth-order valence-electron chi connectivity index (χ4n) is 5.72. The molecule has 3 aliphatic heterocycles. The van der Waals surface area contributed by atoms with Gasteiger partial charge in [-0.1, -0.05) is 6.92 Å². The molecule has 4 N–H and O–H groups in total. The van der Waals surface area contributed by atoms with E-state index in [-0.39, 0.29) is 11.7 Å². The van der Waals surface area contributed by atoms with Crippen molar-refractivity contribution in [1.82, 2.24) is 19.8 Å². The van der Waals surface area contributed by atoms with Crippen LogP contribution in [0.4, 0.5) is 23.0 Å². The highest BCUT2D eigenvalue weighted by molar-refractivity contribution is 5.96. The fraction of sp³-hybridized carbons (Fsp3) is 0.607. The third-order valence-corrected chi connectivity index (χ3v) is 8.11. The molecule has 0 spiro atoms. The van der Waals surface area contributed by atoms with Crippen LogP contribution >= 0.6 is 0 Å². The topological polar surface area (TPSA) is 112 Å². The summed E-state index contributed by atoms with van der Waals surface area (Å²) in [5.74, 6) is 0.487. The predicted octanol–water partition coefficient (Wildman–Crippen LogP) is 2.69. The smallest absolute Gasteiger partial charge is 0.271 e. The molecule has 206 valence electrons. The van der Waals surface area contributed by atoms with Crippen LogP contribution in [0.3, 0.4) is 0 Å². The molecule has 0 radical (unpaired) electrons. The zero-order valence-electron chi connectivity index (χ0n) is 22.8. The lowest BCUT2D eigenvalue weighted by atomic mass is 10.0. The van der Waals surface area contributed by atoms with Crippen LogP contribution in [0.25, 0.3) is 0 Å². The summed E-state index contributed by atoms with van der Waals surface area (Å²) in [6, 6.07) is 9.33. The van der Waals surface area contributed by atoms with Gasteiger partial charge in [0, 0.05) is 62.9 Å². The van der Waals surface area contributed by atoms with E-state index in [0.29, 0.717) is 18.1 Å². The van der Waals surface area contributed by atoms with Gasteiger partial charge in [0.2, 0.25) is 0 Å². The van der Waals surface area contributed by atoms with Crippen LogP contribution in [0.1, 0.15) is 48.8 Å². The Morgan fingerprint density at radius 1 is 0.974 bits per heavy atom. The normalized spacial score (nSPS) is 20.4. The van der Waals surface area contributed by atoms with Gasteiger partial charge in [-0.15, -0.1) is 0 Å². The summed E-state index contributed by atoms with van der Waals surface area (Å²) in [5.41, 5.74) is 8.65. The zero-order valence-corrected chi connectivity index (χ0v) is 22.8. The molecule has 0 saturated carbocycles. The molecule has 2 aromatic rings. The number of amides is 1. The van der Waals surface area contributed by atoms with Crippen LogP contribution in [0.2, 0.25) is 0 Å². The van der Waals surface area contributed by atoms with Crippen molar-refractivity contribution in [2.45, 2.75) is 51.1 Å². The molecule has 10 nitrogen and oxygen atoms in total. The number of nitrogens with one attached hydrogen (secondary N) is 2. The number of hydrogen-bond acceptors (Lipinski definition) is 9. The van der Waals surface area contributed by atoms with Gasteiger partial charge in [-0.2, -0.15) is 0 Å². The Morgan fingerprint density at radius 2 is 1.66 bits per heavy atom. The van der Waals surface area contributed by atoms with Crippen LogP contribution in [-0.4, -0.2) is 97.3 Å². The number of benzene rings is 1. The van der Waals surface area contributed by atoms with Crippen molar-refractivity contribution in [3.8, 4) is 0 Å². The number of likely N-dealkylation sites (tertiary alicyclic amines) is 1. The largest absolute Gasteiger partial charge is 0.381 e. The fourth-order valence-corrected chi connectivity index (χ4v) is 5.72. The molecular weight excluding hydrogens is 480 g/mol. The first-order valence-corrected chi connectivity index (χ1v) is 14.1. The molecule has 1 aromatic heterocycles. The van der Waals surface area contributed by atoms with Crippen molar-refractivity contribution in [3.05, 3.63) is 35.7 Å². The Morgan fingerprint density at radius 3 is 2.29 bits per heavy atom. The SMILES string of the molecule is CCc1nc(C(N)=O)c(Nc2ccc(N3CCN(C4CCN(C)CC4)CC3)cc2)nc1NC1CCOCC1. The molecule has 1 aromatic carbocycles. The number of aryl methyl sites for hydroxylation is 1. The van der Waals surface area contributed by atoms with E-state index in [1.165, 1.54) is 31.6 Å². The minimum absolute atomic E-state index is 0.161. The minimum atomic E-state index is -0.591. The van der Waals surface area contributed by atoms with Gasteiger partial charge in [0.1, 0.15) is 0 Å². The second kappa shape index (κ2) is 12.3. The Labute approximate surface area is 225 Å². The van der Waals surface area contributed by atoms with E-state index < -0.39 is 5.91 Å². The minimum Gasteiger partial charge on any atom is -0.381 e. The lowest BCUT2D eigenvalue weighted by Gasteiger charge is -2.42. The van der Waals surface area contributed by atoms with Crippen LogP contribution in [0, 0.1) is 0 Å². The van der Waals surface area contributed by atoms with E-state index in [2.05, 4.69) is 49.5 Å². The Hall–Kier alpha value is -2.95. The van der Waals surface area contributed by atoms with Crippen molar-refractivity contribution in [3.63, 3.8) is 0 Å². The Kier molecular flexibility index (Phi) is 8.61. The highest BCUT2D eigenvalue weighted by Gasteiger charge is 2.27. The van der Waals surface area contributed by atoms with Gasteiger partial charge in [0.25, 0.3) is 5.91 Å². The van der Waals surface area contributed by atoms with Gasteiger partial charge in [0.15, 0.2) is 17.3 Å². The van der Waals surface area contributed by atoms with E-state index in [0.717, 1.165) is 69.7 Å². The number of nitrogens with two attached hydrogens (primary N) is 1. The van der Waals surface area contributed by atoms with Crippen LogP contribution in [0.5, 0.6) is 0 Å². The molecule has 1 amide bonds. The lowest BCUT2D eigenvalue weighted by Crippen LogP contribution is -2.52. The number of hydrogen-bond donors (Lipinski definition) is 3. The molecule has 38 heavy (non-hydrogen) atoms. The number of ether oxygens (including phenoxy) is 1. The molecule has 3 aliphatic rings. The van der Waals surface area contributed by atoms with Crippen LogP contribution in [-0.2, 0) is 11.2 Å². The molecule has 10 heteroatoms. The Balaban J connectivity index is 1.24. The number of carbonyl (C=O) groups is 1. The van der Waals surface area contributed by atoms with Crippen molar-refractivity contribution in [2.75, 3.05) is 75.1 Å². The molecule has 0 unspecified atom stereocenters. The number of anilines is 4. The van der Waals surface area contributed by atoms with Gasteiger partial charge in [-0.25, -0.2) is 9.97 Å². The first-order valence-electron chi connectivity index (χ1n) is 14.1. The lowest BCUT2D eigenvalue weighted by molar-refractivity contribution is 0.0903. The third-order valence-electron chi connectivity index (χ3n) is 8.11. The van der Waals surface area contributed by atoms with Gasteiger partial charge >= 0.3 is 0 Å². The summed E-state index contributed by atoms with van der Waals surface area (Å²) in [6.45, 7) is 10.2. The predicted molar refractivity (Wildman–Crippen MR) is 151 cm³/mol. The average molecular weight is 523 g/mol. The average Bonchev–Trinajstić information content (AvgIpc) is 2.94. The number of nitrogens with zero attached hydrogens (tertiary/aromatic N) is 5. The second-order valence-corrected chi connectivity index (χ2v) is 10.7. The molecule has 0 atom stereocenters. The number of carbonyl (C=O) groups excluding carboxylic acids is 1. The maximum atomic E-state index is 12.2. The van der Waals surface area contributed by atoms with E-state index in [4.69, 9.17) is 15.5 Å². The summed E-state index contributed by atoms with van der Waals surface area (Å²) < 4.78 is 5.48. The maximum Gasteiger partial charge on any atom is 0.271 e. The Bertz CT molecular complexity index is 1070. The maximum absolute atomic E-state index is 12.2. The van der Waals surface area contributed by atoms with Crippen molar-refractivity contribution in [1.29, 1.82) is 0 Å². The summed E-state index contributed by atoms with van der Waals surface area (Å²) in [7, 11) is 2.22. The van der Waals surface area contributed by atoms with Crippen LogP contribution in [0.15, 0.2) is 24.3 Å². The number of piperidine rings is 1. The molecular formula is C28H42N8O2. The summed E-state index contributed by atoms with van der Waals surface area (Å²) in [4.78, 5) is 29.2. The highest BCUT2D eigenvalue weighted by atomic mass is 16.5. The first-order chi connectivity index (χ1) is 18.5. The highest BCUT2D eigenvalue weighted by Crippen LogP contribution is 2.27. The summed E-state index contributed by atoms with van der Waals surface area (Å²) in [6.07, 6.45) is 5.04. The number of rotatable bonds is 8. The standard InChI is InChI=1S/C28H42N8O2/c1-3-24-27(30-21-10-18-38-19-11-21)33-28(25(32-24)26(29)37)31-20-4-6-22(7-5-20)35-14-16-36(17-15-35)23-8-12-34(2)13-9-23/h4-7,21,23H,3,8-19H2,1-2H3,(H2,29,37)(H2,30,31,33). The molecule has 0 bridgehead atoms. The third kappa shape index (κ3) is 6.36. The number of piperazine rings is 1. The summed E-state index contributed by atoms with van der Waals surface area (Å²) >= 11 is 0. The molecule has 3 fully saturated rings. The quantitative estimate of drug-likeness (QED) is 0.482. The van der Waals surface area contributed by atoms with E-state index in [1.807, 2.05) is 19.1 Å². The first kappa shape index (κ1) is 26.6. The monoisotopic (exact) mass is 522 g/mol. The van der Waals surface area contributed by atoms with Crippen molar-refractivity contribution < 1.29 is 9.53 Å². The van der Waals surface area contributed by atoms with Gasteiger partial charge < -0.3 is 30.9 Å². The van der Waals surface area contributed by atoms with E-state index >= 15 is 0 Å². The molecule has 0 aliphatic carbocycles. The van der Waals surface area contributed by atoms with Crippen LogP contribution < -0.4 is 21.3 Å². The van der Waals surface area contributed by atoms with Gasteiger partial charge in [-0.05, 0) is 76.5 Å². The number of primary amides is 1. The summed E-state index contributed by atoms with van der Waals surface area (Å²) in [5, 5.41) is 6.81. The molecule has 5 rings (SSSR count). The molecule has 4 heterocycles. The second-order valence-electron chi connectivity index (χ2n) is 10.7. The number of aromatic nitrogens is 2.